The predicted molar refractivity (Wildman–Crippen MR) is 79.5 cm³/mol. The van der Waals surface area contributed by atoms with Gasteiger partial charge in [0, 0.05) is 16.6 Å². The van der Waals surface area contributed by atoms with E-state index >= 15 is 0 Å². The van der Waals surface area contributed by atoms with Crippen molar-refractivity contribution < 1.29 is 0 Å². The number of anilines is 1. The van der Waals surface area contributed by atoms with Crippen LogP contribution in [0.2, 0.25) is 0 Å². The third-order valence-electron chi connectivity index (χ3n) is 3.52. The summed E-state index contributed by atoms with van der Waals surface area (Å²) in [7, 11) is 0. The van der Waals surface area contributed by atoms with Crippen LogP contribution in [0.3, 0.4) is 0 Å². The van der Waals surface area contributed by atoms with E-state index in [9.17, 15) is 0 Å². The molecule has 18 heavy (non-hydrogen) atoms. The first-order valence-corrected chi connectivity index (χ1v) is 7.55. The standard InChI is InChI=1S/C16H17NS/c1-18-16-9-5-4-8-15(16)17-14-10-12-6-2-3-7-13(12)11-14/h2-9,14,17H,10-11H2,1H3. The van der Waals surface area contributed by atoms with Crippen molar-refractivity contribution >= 4 is 17.4 Å². The second-order valence-electron chi connectivity index (χ2n) is 4.72. The molecule has 1 aliphatic rings. The van der Waals surface area contributed by atoms with Gasteiger partial charge in [0.05, 0.1) is 0 Å². The molecule has 0 saturated heterocycles. The van der Waals surface area contributed by atoms with E-state index < -0.39 is 0 Å². The molecule has 0 aliphatic heterocycles. The Morgan fingerprint density at radius 2 is 1.56 bits per heavy atom. The van der Waals surface area contributed by atoms with Crippen LogP contribution in [0.1, 0.15) is 11.1 Å². The lowest BCUT2D eigenvalue weighted by Crippen LogP contribution is -2.19. The molecule has 0 unspecified atom stereocenters. The molecule has 1 aliphatic carbocycles. The van der Waals surface area contributed by atoms with Crippen LogP contribution in [0.15, 0.2) is 53.4 Å². The molecule has 2 heteroatoms. The van der Waals surface area contributed by atoms with Gasteiger partial charge in [-0.1, -0.05) is 36.4 Å². The van der Waals surface area contributed by atoms with Gasteiger partial charge in [-0.2, -0.15) is 0 Å². The average molecular weight is 255 g/mol. The van der Waals surface area contributed by atoms with E-state index in [1.54, 1.807) is 11.8 Å². The molecule has 0 heterocycles. The molecule has 0 aromatic heterocycles. The summed E-state index contributed by atoms with van der Waals surface area (Å²) >= 11 is 1.80. The number of fused-ring (bicyclic) bond motifs is 1. The molecular weight excluding hydrogens is 238 g/mol. The second kappa shape index (κ2) is 5.07. The van der Waals surface area contributed by atoms with Gasteiger partial charge in [-0.15, -0.1) is 11.8 Å². The fourth-order valence-electron chi connectivity index (χ4n) is 2.64. The molecule has 1 N–H and O–H groups in total. The van der Waals surface area contributed by atoms with E-state index in [1.807, 2.05) is 0 Å². The van der Waals surface area contributed by atoms with Gasteiger partial charge < -0.3 is 5.32 Å². The fraction of sp³-hybridized carbons (Fsp3) is 0.250. The van der Waals surface area contributed by atoms with E-state index in [1.165, 1.54) is 21.7 Å². The summed E-state index contributed by atoms with van der Waals surface area (Å²) in [5.74, 6) is 0. The van der Waals surface area contributed by atoms with Gasteiger partial charge in [0.25, 0.3) is 0 Å². The zero-order valence-corrected chi connectivity index (χ0v) is 11.3. The molecule has 0 fully saturated rings. The molecule has 0 amide bonds. The molecule has 0 atom stereocenters. The van der Waals surface area contributed by atoms with Crippen LogP contribution in [0.25, 0.3) is 0 Å². The summed E-state index contributed by atoms with van der Waals surface area (Å²) in [4.78, 5) is 1.33. The Labute approximate surface area is 113 Å². The smallest absolute Gasteiger partial charge is 0.0480 e. The van der Waals surface area contributed by atoms with E-state index in [0.29, 0.717) is 6.04 Å². The Kier molecular flexibility index (Phi) is 3.28. The summed E-state index contributed by atoms with van der Waals surface area (Å²) in [6.07, 6.45) is 4.40. The summed E-state index contributed by atoms with van der Waals surface area (Å²) in [5, 5.41) is 3.69. The topological polar surface area (TPSA) is 12.0 Å². The molecule has 3 rings (SSSR count). The molecule has 0 bridgehead atoms. The van der Waals surface area contributed by atoms with Crippen LogP contribution in [-0.2, 0) is 12.8 Å². The maximum Gasteiger partial charge on any atom is 0.0480 e. The highest BCUT2D eigenvalue weighted by Gasteiger charge is 2.20. The Morgan fingerprint density at radius 3 is 2.22 bits per heavy atom. The van der Waals surface area contributed by atoms with E-state index in [0.717, 1.165) is 12.8 Å². The highest BCUT2D eigenvalue weighted by Crippen LogP contribution is 2.29. The molecule has 2 aromatic carbocycles. The minimum Gasteiger partial charge on any atom is -0.381 e. The zero-order chi connectivity index (χ0) is 12.4. The van der Waals surface area contributed by atoms with Crippen LogP contribution < -0.4 is 5.32 Å². The van der Waals surface area contributed by atoms with E-state index in [2.05, 4.69) is 60.1 Å². The number of para-hydroxylation sites is 1. The first kappa shape index (κ1) is 11.7. The first-order valence-electron chi connectivity index (χ1n) is 6.33. The fourth-order valence-corrected chi connectivity index (χ4v) is 3.21. The van der Waals surface area contributed by atoms with Gasteiger partial charge in [0.1, 0.15) is 0 Å². The summed E-state index contributed by atoms with van der Waals surface area (Å²) in [6.45, 7) is 0. The summed E-state index contributed by atoms with van der Waals surface area (Å²) in [6, 6.07) is 17.9. The first-order chi connectivity index (χ1) is 8.86. The minimum absolute atomic E-state index is 0.538. The highest BCUT2D eigenvalue weighted by molar-refractivity contribution is 7.98. The number of benzene rings is 2. The van der Waals surface area contributed by atoms with Gasteiger partial charge >= 0.3 is 0 Å². The van der Waals surface area contributed by atoms with Crippen LogP contribution in [-0.4, -0.2) is 12.3 Å². The largest absolute Gasteiger partial charge is 0.381 e. The Balaban J connectivity index is 1.76. The molecule has 92 valence electrons. The quantitative estimate of drug-likeness (QED) is 0.832. The van der Waals surface area contributed by atoms with Gasteiger partial charge in [0.15, 0.2) is 0 Å². The molecular formula is C16H17NS. The lowest BCUT2D eigenvalue weighted by Gasteiger charge is -2.16. The minimum atomic E-state index is 0.538. The molecule has 2 aromatic rings. The Bertz CT molecular complexity index is 525. The van der Waals surface area contributed by atoms with Crippen molar-refractivity contribution in [2.24, 2.45) is 0 Å². The number of hydrogen-bond acceptors (Lipinski definition) is 2. The SMILES string of the molecule is CSc1ccccc1NC1Cc2ccccc2C1. The maximum absolute atomic E-state index is 3.69. The van der Waals surface area contributed by atoms with Gasteiger partial charge in [-0.05, 0) is 42.4 Å². The maximum atomic E-state index is 3.69. The van der Waals surface area contributed by atoms with Crippen molar-refractivity contribution in [3.63, 3.8) is 0 Å². The Morgan fingerprint density at radius 1 is 0.944 bits per heavy atom. The van der Waals surface area contributed by atoms with Crippen LogP contribution in [0.5, 0.6) is 0 Å². The molecule has 0 saturated carbocycles. The van der Waals surface area contributed by atoms with Gasteiger partial charge in [-0.25, -0.2) is 0 Å². The van der Waals surface area contributed by atoms with Crippen molar-refractivity contribution in [2.75, 3.05) is 11.6 Å². The molecule has 1 nitrogen and oxygen atoms in total. The second-order valence-corrected chi connectivity index (χ2v) is 5.57. The normalized spacial score (nSPS) is 14.5. The number of hydrogen-bond donors (Lipinski definition) is 1. The van der Waals surface area contributed by atoms with E-state index in [4.69, 9.17) is 0 Å². The van der Waals surface area contributed by atoms with Crippen molar-refractivity contribution in [3.05, 3.63) is 59.7 Å². The van der Waals surface area contributed by atoms with Crippen LogP contribution in [0, 0.1) is 0 Å². The lowest BCUT2D eigenvalue weighted by atomic mass is 10.1. The van der Waals surface area contributed by atoms with Crippen LogP contribution in [0.4, 0.5) is 5.69 Å². The predicted octanol–water partition coefficient (Wildman–Crippen LogP) is 3.99. The Hall–Kier alpha value is -1.41. The average Bonchev–Trinajstić information content (AvgIpc) is 2.81. The zero-order valence-electron chi connectivity index (χ0n) is 10.5. The highest BCUT2D eigenvalue weighted by atomic mass is 32.2. The third kappa shape index (κ3) is 2.25. The van der Waals surface area contributed by atoms with Crippen molar-refractivity contribution in [1.29, 1.82) is 0 Å². The lowest BCUT2D eigenvalue weighted by molar-refractivity contribution is 0.771. The number of rotatable bonds is 3. The third-order valence-corrected chi connectivity index (χ3v) is 4.31. The van der Waals surface area contributed by atoms with E-state index in [-0.39, 0.29) is 0 Å². The summed E-state index contributed by atoms with van der Waals surface area (Å²) in [5.41, 5.74) is 4.26. The van der Waals surface area contributed by atoms with Crippen molar-refractivity contribution in [3.8, 4) is 0 Å². The number of nitrogens with one attached hydrogen (secondary N) is 1. The van der Waals surface area contributed by atoms with Crippen molar-refractivity contribution in [1.82, 2.24) is 0 Å². The monoisotopic (exact) mass is 255 g/mol. The number of thioether (sulfide) groups is 1. The summed E-state index contributed by atoms with van der Waals surface area (Å²) < 4.78 is 0. The molecule has 0 radical (unpaired) electrons. The van der Waals surface area contributed by atoms with Gasteiger partial charge in [-0.3, -0.25) is 0 Å². The van der Waals surface area contributed by atoms with Crippen LogP contribution >= 0.6 is 11.8 Å². The molecule has 0 spiro atoms. The van der Waals surface area contributed by atoms with Gasteiger partial charge in [0.2, 0.25) is 0 Å². The van der Waals surface area contributed by atoms with Crippen molar-refractivity contribution in [2.45, 2.75) is 23.8 Å².